The Balaban J connectivity index is 1.27. The van der Waals surface area contributed by atoms with E-state index in [9.17, 15) is 9.59 Å². The maximum Gasteiger partial charge on any atom is 0.234 e. The maximum atomic E-state index is 12.7. The van der Waals surface area contributed by atoms with E-state index in [0.29, 0.717) is 15.8 Å². The maximum absolute atomic E-state index is 12.7. The lowest BCUT2D eigenvalue weighted by Crippen LogP contribution is -2.47. The first-order chi connectivity index (χ1) is 16.9. The predicted octanol–water partition coefficient (Wildman–Crippen LogP) is 1.14. The number of amides is 2. The summed E-state index contributed by atoms with van der Waals surface area (Å²) in [5, 5.41) is 14.3. The molecule has 0 spiro atoms. The molecule has 0 radical (unpaired) electrons. The van der Waals surface area contributed by atoms with Crippen LogP contribution in [0.15, 0.2) is 18.2 Å². The second-order valence-corrected chi connectivity index (χ2v) is 10.6. The molecule has 3 aromatic rings. The van der Waals surface area contributed by atoms with Crippen LogP contribution in [0.5, 0.6) is 0 Å². The Hall–Kier alpha value is -2.60. The molecule has 12 heteroatoms. The molecule has 4 heterocycles. The summed E-state index contributed by atoms with van der Waals surface area (Å²) in [6, 6.07) is 5.67. The fraction of sp³-hybridized carbons (Fsp3) is 0.522. The van der Waals surface area contributed by atoms with Gasteiger partial charge in [-0.25, -0.2) is 0 Å². The van der Waals surface area contributed by atoms with Gasteiger partial charge in [0, 0.05) is 62.9 Å². The predicted molar refractivity (Wildman–Crippen MR) is 135 cm³/mol. The summed E-state index contributed by atoms with van der Waals surface area (Å²) < 4.78 is 1.65. The smallest absolute Gasteiger partial charge is 0.234 e. The van der Waals surface area contributed by atoms with Crippen molar-refractivity contribution in [1.29, 1.82) is 0 Å². The first kappa shape index (κ1) is 24.1. The molecule has 0 aliphatic carbocycles. The van der Waals surface area contributed by atoms with Crippen LogP contribution in [0.25, 0.3) is 15.5 Å². The Morgan fingerprint density at radius 2 is 1.49 bits per heavy atom. The van der Waals surface area contributed by atoms with Crippen LogP contribution in [0.4, 0.5) is 0 Å². The van der Waals surface area contributed by atoms with E-state index in [1.54, 1.807) is 4.52 Å². The van der Waals surface area contributed by atoms with E-state index in [4.69, 9.17) is 11.6 Å². The van der Waals surface area contributed by atoms with Crippen molar-refractivity contribution in [2.45, 2.75) is 12.8 Å². The first-order valence-electron chi connectivity index (χ1n) is 11.8. The number of benzene rings is 1. The summed E-state index contributed by atoms with van der Waals surface area (Å²) in [5.74, 6) is 0.674. The minimum atomic E-state index is 0.0411. The lowest BCUT2D eigenvalue weighted by Gasteiger charge is -2.32. The number of nitrogens with zero attached hydrogens (tertiary/aromatic N) is 8. The SMILES string of the molecule is CN1CCN(C(=O)Cc2ccc(-c3nn4c(CC(=O)N5CCN(C)CC5)nnc4s3)cc2Cl)CC1. The van der Waals surface area contributed by atoms with Crippen LogP contribution in [0.2, 0.25) is 5.02 Å². The highest BCUT2D eigenvalue weighted by Gasteiger charge is 2.23. The number of halogens is 1. The zero-order valence-corrected chi connectivity index (χ0v) is 21.6. The first-order valence-corrected chi connectivity index (χ1v) is 13.0. The molecule has 2 aliphatic heterocycles. The van der Waals surface area contributed by atoms with Crippen LogP contribution in [0.1, 0.15) is 11.4 Å². The quantitative estimate of drug-likeness (QED) is 0.502. The van der Waals surface area contributed by atoms with Gasteiger partial charge in [0.05, 0.1) is 12.8 Å². The zero-order chi connectivity index (χ0) is 24.5. The number of hydrogen-bond acceptors (Lipinski definition) is 8. The third-order valence-electron chi connectivity index (χ3n) is 6.72. The van der Waals surface area contributed by atoms with Crippen molar-refractivity contribution in [3.05, 3.63) is 34.6 Å². The molecule has 35 heavy (non-hydrogen) atoms. The molecule has 2 fully saturated rings. The number of carbonyl (C=O) groups excluding carboxylic acids is 2. The highest BCUT2D eigenvalue weighted by atomic mass is 35.5. The lowest BCUT2D eigenvalue weighted by atomic mass is 10.1. The van der Waals surface area contributed by atoms with Gasteiger partial charge in [-0.1, -0.05) is 35.1 Å². The molecule has 0 saturated carbocycles. The normalized spacial score (nSPS) is 17.9. The number of aromatic nitrogens is 4. The molecule has 10 nitrogen and oxygen atoms in total. The highest BCUT2D eigenvalue weighted by Crippen LogP contribution is 2.30. The fourth-order valence-corrected chi connectivity index (χ4v) is 5.44. The molecule has 5 rings (SSSR count). The van der Waals surface area contributed by atoms with Crippen molar-refractivity contribution in [2.24, 2.45) is 0 Å². The number of carbonyl (C=O) groups is 2. The van der Waals surface area contributed by atoms with Gasteiger partial charge in [0.1, 0.15) is 5.01 Å². The number of piperazine rings is 2. The van der Waals surface area contributed by atoms with E-state index in [2.05, 4.69) is 39.2 Å². The molecule has 1 aromatic carbocycles. The van der Waals surface area contributed by atoms with Crippen LogP contribution in [-0.2, 0) is 22.4 Å². The Bertz CT molecular complexity index is 1230. The zero-order valence-electron chi connectivity index (χ0n) is 20.0. The molecule has 0 bridgehead atoms. The minimum absolute atomic E-state index is 0.0411. The Morgan fingerprint density at radius 1 is 0.886 bits per heavy atom. The largest absolute Gasteiger partial charge is 0.340 e. The van der Waals surface area contributed by atoms with Gasteiger partial charge in [0.2, 0.25) is 16.8 Å². The fourth-order valence-electron chi connectivity index (χ4n) is 4.34. The monoisotopic (exact) mass is 516 g/mol. The van der Waals surface area contributed by atoms with E-state index in [-0.39, 0.29) is 24.7 Å². The molecule has 2 aromatic heterocycles. The summed E-state index contributed by atoms with van der Waals surface area (Å²) in [6.07, 6.45) is 0.453. The van der Waals surface area contributed by atoms with Crippen molar-refractivity contribution in [3.63, 3.8) is 0 Å². The third-order valence-corrected chi connectivity index (χ3v) is 8.02. The summed E-state index contributed by atoms with van der Waals surface area (Å²) in [6.45, 7) is 6.47. The van der Waals surface area contributed by atoms with Gasteiger partial charge in [-0.3, -0.25) is 9.59 Å². The summed E-state index contributed by atoms with van der Waals surface area (Å²) in [4.78, 5) is 34.3. The van der Waals surface area contributed by atoms with E-state index >= 15 is 0 Å². The van der Waals surface area contributed by atoms with Crippen molar-refractivity contribution in [1.82, 2.24) is 39.4 Å². The van der Waals surface area contributed by atoms with E-state index < -0.39 is 0 Å². The minimum Gasteiger partial charge on any atom is -0.340 e. The molecule has 0 unspecified atom stereocenters. The molecular formula is C23H29ClN8O2S. The standard InChI is InChI=1S/C23H29ClN8O2S/c1-28-5-9-30(10-6-28)20(33)14-16-3-4-17(13-18(16)24)22-27-32-19(25-26-23(32)35-22)15-21(34)31-11-7-29(2)8-12-31/h3-4,13H,5-12,14-15H2,1-2H3. The van der Waals surface area contributed by atoms with Crippen molar-refractivity contribution < 1.29 is 9.59 Å². The van der Waals surface area contributed by atoms with Gasteiger partial charge in [-0.2, -0.15) is 9.61 Å². The van der Waals surface area contributed by atoms with Crippen LogP contribution in [0.3, 0.4) is 0 Å². The highest BCUT2D eigenvalue weighted by molar-refractivity contribution is 7.19. The topological polar surface area (TPSA) is 90.2 Å². The number of fused-ring (bicyclic) bond motifs is 1. The average Bonchev–Trinajstić information content (AvgIpc) is 3.43. The van der Waals surface area contributed by atoms with Gasteiger partial charge >= 0.3 is 0 Å². The molecule has 0 N–H and O–H groups in total. The molecular weight excluding hydrogens is 488 g/mol. The lowest BCUT2D eigenvalue weighted by molar-refractivity contribution is -0.132. The van der Waals surface area contributed by atoms with Crippen molar-refractivity contribution >= 4 is 39.7 Å². The van der Waals surface area contributed by atoms with Gasteiger partial charge < -0.3 is 19.6 Å². The number of likely N-dealkylation sites (N-methyl/N-ethyl adjacent to an activating group) is 2. The Labute approximate surface area is 213 Å². The van der Waals surface area contributed by atoms with Crippen LogP contribution < -0.4 is 0 Å². The van der Waals surface area contributed by atoms with E-state index in [1.165, 1.54) is 11.3 Å². The van der Waals surface area contributed by atoms with E-state index in [0.717, 1.165) is 68.5 Å². The van der Waals surface area contributed by atoms with Gasteiger partial charge in [-0.05, 0) is 25.7 Å². The molecule has 0 atom stereocenters. The summed E-state index contributed by atoms with van der Waals surface area (Å²) in [7, 11) is 4.13. The second-order valence-electron chi connectivity index (χ2n) is 9.25. The van der Waals surface area contributed by atoms with E-state index in [1.807, 2.05) is 28.0 Å². The average molecular weight is 517 g/mol. The van der Waals surface area contributed by atoms with Gasteiger partial charge in [0.15, 0.2) is 5.82 Å². The van der Waals surface area contributed by atoms with Gasteiger partial charge in [0.25, 0.3) is 0 Å². The molecule has 2 aliphatic rings. The Kier molecular flexibility index (Phi) is 7.01. The molecule has 186 valence electrons. The van der Waals surface area contributed by atoms with Gasteiger partial charge in [-0.15, -0.1) is 10.2 Å². The summed E-state index contributed by atoms with van der Waals surface area (Å²) in [5.41, 5.74) is 1.65. The van der Waals surface area contributed by atoms with Crippen LogP contribution in [0, 0.1) is 0 Å². The molecule has 2 amide bonds. The number of rotatable bonds is 5. The Morgan fingerprint density at radius 3 is 2.09 bits per heavy atom. The van der Waals surface area contributed by atoms with Crippen LogP contribution >= 0.6 is 22.9 Å². The second kappa shape index (κ2) is 10.2. The van der Waals surface area contributed by atoms with Crippen LogP contribution in [-0.4, -0.2) is 118 Å². The van der Waals surface area contributed by atoms with Crippen molar-refractivity contribution in [2.75, 3.05) is 66.5 Å². The summed E-state index contributed by atoms with van der Waals surface area (Å²) >= 11 is 7.96. The molecule has 2 saturated heterocycles. The van der Waals surface area contributed by atoms with Crippen molar-refractivity contribution in [3.8, 4) is 10.6 Å². The third kappa shape index (κ3) is 5.32. The number of hydrogen-bond donors (Lipinski definition) is 0.